The largest absolute Gasteiger partial charge is 0.479 e. The second-order valence-electron chi connectivity index (χ2n) is 6.40. The van der Waals surface area contributed by atoms with E-state index in [1.165, 1.54) is 12.5 Å². The Hall–Kier alpha value is -2.18. The van der Waals surface area contributed by atoms with E-state index < -0.39 is 6.10 Å². The number of carbonyl (C=O) groups excluding carboxylic acids is 2. The van der Waals surface area contributed by atoms with Gasteiger partial charge in [-0.1, -0.05) is 29.3 Å². The second kappa shape index (κ2) is 8.67. The van der Waals surface area contributed by atoms with Crippen LogP contribution >= 0.6 is 23.2 Å². The maximum absolute atomic E-state index is 12.4. The second-order valence-corrected chi connectivity index (χ2v) is 7.18. The van der Waals surface area contributed by atoms with E-state index in [0.717, 1.165) is 0 Å². The SMILES string of the molecule is C[C@H](Oc1cccc(Cl)c1Cl)C(=O)NC1CCN(C(=O)c2ccoc2)CC1. The zero-order valence-corrected chi connectivity index (χ0v) is 16.3. The molecule has 0 saturated carbocycles. The summed E-state index contributed by atoms with van der Waals surface area (Å²) in [5, 5.41) is 3.62. The highest BCUT2D eigenvalue weighted by molar-refractivity contribution is 6.42. The minimum Gasteiger partial charge on any atom is -0.479 e. The van der Waals surface area contributed by atoms with Gasteiger partial charge in [0.25, 0.3) is 11.8 Å². The summed E-state index contributed by atoms with van der Waals surface area (Å²) in [4.78, 5) is 26.5. The van der Waals surface area contributed by atoms with Crippen molar-refractivity contribution >= 4 is 35.0 Å². The summed E-state index contributed by atoms with van der Waals surface area (Å²) in [6.45, 7) is 2.80. The van der Waals surface area contributed by atoms with Crippen LogP contribution in [0.2, 0.25) is 10.0 Å². The molecule has 1 saturated heterocycles. The number of amides is 2. The van der Waals surface area contributed by atoms with Gasteiger partial charge in [0.1, 0.15) is 17.0 Å². The molecule has 0 radical (unpaired) electrons. The third-order valence-corrected chi connectivity index (χ3v) is 5.29. The topological polar surface area (TPSA) is 71.8 Å². The Labute approximate surface area is 167 Å². The van der Waals surface area contributed by atoms with Crippen LogP contribution in [-0.2, 0) is 4.79 Å². The normalized spacial score (nSPS) is 16.0. The number of hydrogen-bond donors (Lipinski definition) is 1. The van der Waals surface area contributed by atoms with Crippen molar-refractivity contribution in [3.63, 3.8) is 0 Å². The molecule has 1 aromatic heterocycles. The van der Waals surface area contributed by atoms with Gasteiger partial charge in [0.05, 0.1) is 16.8 Å². The molecular formula is C19H20Cl2N2O4. The first-order chi connectivity index (χ1) is 13.0. The van der Waals surface area contributed by atoms with Gasteiger partial charge in [-0.3, -0.25) is 9.59 Å². The lowest BCUT2D eigenvalue weighted by atomic mass is 10.0. The molecule has 3 rings (SSSR count). The molecule has 1 aromatic carbocycles. The molecule has 6 nitrogen and oxygen atoms in total. The van der Waals surface area contributed by atoms with Crippen molar-refractivity contribution in [2.75, 3.05) is 13.1 Å². The number of carbonyl (C=O) groups is 2. The molecule has 2 amide bonds. The molecule has 0 bridgehead atoms. The van der Waals surface area contributed by atoms with Crippen LogP contribution in [0.1, 0.15) is 30.1 Å². The number of nitrogens with zero attached hydrogens (tertiary/aromatic N) is 1. The Balaban J connectivity index is 1.49. The highest BCUT2D eigenvalue weighted by Gasteiger charge is 2.27. The quantitative estimate of drug-likeness (QED) is 0.813. The van der Waals surface area contributed by atoms with Crippen LogP contribution in [0.25, 0.3) is 0 Å². The molecule has 2 aromatic rings. The molecule has 8 heteroatoms. The van der Waals surface area contributed by atoms with E-state index in [1.54, 1.807) is 36.1 Å². The maximum atomic E-state index is 12.4. The number of piperidine rings is 1. The average molecular weight is 411 g/mol. The fourth-order valence-electron chi connectivity index (χ4n) is 2.93. The molecule has 2 heterocycles. The van der Waals surface area contributed by atoms with Crippen molar-refractivity contribution in [1.29, 1.82) is 0 Å². The number of nitrogens with one attached hydrogen (secondary N) is 1. The van der Waals surface area contributed by atoms with E-state index in [0.29, 0.717) is 42.3 Å². The lowest BCUT2D eigenvalue weighted by molar-refractivity contribution is -0.128. The van der Waals surface area contributed by atoms with Crippen LogP contribution in [0.4, 0.5) is 0 Å². The van der Waals surface area contributed by atoms with E-state index in [1.807, 2.05) is 0 Å². The summed E-state index contributed by atoms with van der Waals surface area (Å²) in [6.07, 6.45) is 3.57. The number of halogens is 2. The van der Waals surface area contributed by atoms with E-state index in [2.05, 4.69) is 5.32 Å². The maximum Gasteiger partial charge on any atom is 0.260 e. The van der Waals surface area contributed by atoms with Gasteiger partial charge in [0.2, 0.25) is 0 Å². The fourth-order valence-corrected chi connectivity index (χ4v) is 3.27. The molecule has 144 valence electrons. The summed E-state index contributed by atoms with van der Waals surface area (Å²) in [5.41, 5.74) is 0.540. The van der Waals surface area contributed by atoms with Crippen molar-refractivity contribution in [2.24, 2.45) is 0 Å². The highest BCUT2D eigenvalue weighted by Crippen LogP contribution is 2.32. The number of rotatable bonds is 5. The zero-order chi connectivity index (χ0) is 19.4. The van der Waals surface area contributed by atoms with Crippen LogP contribution in [0.5, 0.6) is 5.75 Å². The molecule has 27 heavy (non-hydrogen) atoms. The summed E-state index contributed by atoms with van der Waals surface area (Å²) in [6, 6.07) is 6.67. The first kappa shape index (κ1) is 19.6. The molecule has 1 aliphatic heterocycles. The van der Waals surface area contributed by atoms with Gasteiger partial charge >= 0.3 is 0 Å². The van der Waals surface area contributed by atoms with Crippen molar-refractivity contribution in [1.82, 2.24) is 10.2 Å². The summed E-state index contributed by atoms with van der Waals surface area (Å²) in [5.74, 6) is 0.0822. The van der Waals surface area contributed by atoms with Crippen LogP contribution < -0.4 is 10.1 Å². The lowest BCUT2D eigenvalue weighted by Crippen LogP contribution is -2.49. The molecule has 0 unspecified atom stereocenters. The van der Waals surface area contributed by atoms with E-state index in [9.17, 15) is 9.59 Å². The summed E-state index contributed by atoms with van der Waals surface area (Å²) in [7, 11) is 0. The Morgan fingerprint density at radius 1 is 1.26 bits per heavy atom. The Morgan fingerprint density at radius 2 is 2.00 bits per heavy atom. The fraction of sp³-hybridized carbons (Fsp3) is 0.368. The lowest BCUT2D eigenvalue weighted by Gasteiger charge is -2.32. The van der Waals surface area contributed by atoms with E-state index >= 15 is 0 Å². The zero-order valence-electron chi connectivity index (χ0n) is 14.8. The van der Waals surface area contributed by atoms with Crippen molar-refractivity contribution in [3.8, 4) is 5.75 Å². The van der Waals surface area contributed by atoms with Crippen molar-refractivity contribution < 1.29 is 18.7 Å². The third kappa shape index (κ3) is 4.76. The average Bonchev–Trinajstić information content (AvgIpc) is 3.20. The first-order valence-electron chi connectivity index (χ1n) is 8.68. The first-order valence-corrected chi connectivity index (χ1v) is 9.44. The number of likely N-dealkylation sites (tertiary alicyclic amines) is 1. The van der Waals surface area contributed by atoms with Crippen LogP contribution in [0.3, 0.4) is 0 Å². The van der Waals surface area contributed by atoms with Gasteiger partial charge in [0, 0.05) is 19.1 Å². The summed E-state index contributed by atoms with van der Waals surface area (Å²) >= 11 is 12.0. The minimum absolute atomic E-state index is 0.00761. The van der Waals surface area contributed by atoms with E-state index in [4.69, 9.17) is 32.4 Å². The smallest absolute Gasteiger partial charge is 0.260 e. The van der Waals surface area contributed by atoms with Gasteiger partial charge in [-0.05, 0) is 38.0 Å². The standard InChI is InChI=1S/C19H20Cl2N2O4/c1-12(27-16-4-2-3-15(20)17(16)21)18(24)22-14-5-8-23(9-6-14)19(25)13-7-10-26-11-13/h2-4,7,10-12,14H,5-6,8-9H2,1H3,(H,22,24)/t12-/m0/s1. The predicted octanol–water partition coefficient (Wildman–Crippen LogP) is 3.77. The number of hydrogen-bond acceptors (Lipinski definition) is 4. The molecule has 0 aliphatic carbocycles. The Bertz CT molecular complexity index is 802. The molecule has 1 fully saturated rings. The Morgan fingerprint density at radius 3 is 2.67 bits per heavy atom. The van der Waals surface area contributed by atoms with Crippen LogP contribution in [0, 0.1) is 0 Å². The predicted molar refractivity (Wildman–Crippen MR) is 102 cm³/mol. The van der Waals surface area contributed by atoms with Crippen LogP contribution in [-0.4, -0.2) is 41.9 Å². The molecule has 1 N–H and O–H groups in total. The van der Waals surface area contributed by atoms with Crippen LogP contribution in [0.15, 0.2) is 41.2 Å². The Kier molecular flexibility index (Phi) is 6.29. The van der Waals surface area contributed by atoms with Crippen molar-refractivity contribution in [3.05, 3.63) is 52.4 Å². The third-order valence-electron chi connectivity index (χ3n) is 4.49. The monoisotopic (exact) mass is 410 g/mol. The summed E-state index contributed by atoms with van der Waals surface area (Å²) < 4.78 is 10.6. The van der Waals surface area contributed by atoms with Gasteiger partial charge in [-0.25, -0.2) is 0 Å². The van der Waals surface area contributed by atoms with Gasteiger partial charge in [-0.15, -0.1) is 0 Å². The van der Waals surface area contributed by atoms with E-state index in [-0.39, 0.29) is 22.9 Å². The van der Waals surface area contributed by atoms with Gasteiger partial charge in [0.15, 0.2) is 6.10 Å². The number of benzene rings is 1. The van der Waals surface area contributed by atoms with Crippen molar-refractivity contribution in [2.45, 2.75) is 31.9 Å². The number of ether oxygens (including phenoxy) is 1. The van der Waals surface area contributed by atoms with Gasteiger partial charge in [-0.2, -0.15) is 0 Å². The molecule has 0 spiro atoms. The molecule has 1 atom stereocenters. The molecular weight excluding hydrogens is 391 g/mol. The molecule has 1 aliphatic rings. The van der Waals surface area contributed by atoms with Gasteiger partial charge < -0.3 is 19.4 Å². The highest BCUT2D eigenvalue weighted by atomic mass is 35.5. The minimum atomic E-state index is -0.716. The number of furan rings is 1.